The molecule has 0 unspecified atom stereocenters. The Bertz CT molecular complexity index is 1480. The van der Waals surface area contributed by atoms with Crippen LogP contribution < -0.4 is 15.4 Å². The van der Waals surface area contributed by atoms with E-state index < -0.39 is 33.6 Å². The van der Waals surface area contributed by atoms with Gasteiger partial charge in [0.1, 0.15) is 5.69 Å². The van der Waals surface area contributed by atoms with Gasteiger partial charge in [-0.1, -0.05) is 24.6 Å². The Morgan fingerprint density at radius 3 is 2.56 bits per heavy atom. The van der Waals surface area contributed by atoms with Gasteiger partial charge in [-0.05, 0) is 68.5 Å². The van der Waals surface area contributed by atoms with E-state index in [9.17, 15) is 26.4 Å². The van der Waals surface area contributed by atoms with Crippen molar-refractivity contribution in [3.05, 3.63) is 64.6 Å². The average Bonchev–Trinajstić information content (AvgIpc) is 2.85. The molecule has 0 saturated heterocycles. The van der Waals surface area contributed by atoms with Crippen LogP contribution in [0.15, 0.2) is 42.5 Å². The first-order valence-corrected chi connectivity index (χ1v) is 14.4. The maximum atomic E-state index is 15.0. The van der Waals surface area contributed by atoms with Crippen molar-refractivity contribution in [2.45, 2.75) is 57.3 Å². The zero-order valence-electron chi connectivity index (χ0n) is 20.9. The monoisotopic (exact) mass is 586 g/mol. The highest BCUT2D eigenvalue weighted by atomic mass is 35.5. The number of rotatable bonds is 8. The minimum Gasteiger partial charge on any atom is -0.382 e. The Balaban J connectivity index is 1.50. The Kier molecular flexibility index (Phi) is 8.55. The Morgan fingerprint density at radius 1 is 1.10 bits per heavy atom. The molecule has 0 radical (unpaired) electrons. The van der Waals surface area contributed by atoms with Gasteiger partial charge >= 0.3 is 6.18 Å². The molecule has 1 heterocycles. The molecular formula is C26H27ClF4N4O3S. The molecule has 1 aromatic heterocycles. The summed E-state index contributed by atoms with van der Waals surface area (Å²) in [5.74, 6) is -1.89. The van der Waals surface area contributed by atoms with E-state index in [0.29, 0.717) is 42.5 Å². The first-order chi connectivity index (χ1) is 18.4. The van der Waals surface area contributed by atoms with E-state index in [4.69, 9.17) is 11.6 Å². The number of hydrogen-bond acceptors (Lipinski definition) is 5. The number of alkyl halides is 3. The number of anilines is 2. The number of sulfonamides is 1. The molecule has 7 nitrogen and oxygen atoms in total. The van der Waals surface area contributed by atoms with Gasteiger partial charge in [-0.2, -0.15) is 13.2 Å². The highest BCUT2D eigenvalue weighted by Gasteiger charge is 2.34. The summed E-state index contributed by atoms with van der Waals surface area (Å²) in [7, 11) is -3.76. The lowest BCUT2D eigenvalue weighted by Gasteiger charge is -2.31. The smallest absolute Gasteiger partial charge is 0.382 e. The number of amides is 1. The third kappa shape index (κ3) is 7.10. The van der Waals surface area contributed by atoms with Crippen molar-refractivity contribution >= 4 is 49.8 Å². The summed E-state index contributed by atoms with van der Waals surface area (Å²) >= 11 is 6.08. The molecule has 3 N–H and O–H groups in total. The van der Waals surface area contributed by atoms with Crippen LogP contribution in [0.4, 0.5) is 28.9 Å². The molecule has 2 aromatic carbocycles. The first-order valence-electron chi connectivity index (χ1n) is 12.4. The van der Waals surface area contributed by atoms with Gasteiger partial charge in [0.2, 0.25) is 10.0 Å². The molecule has 3 aromatic rings. The summed E-state index contributed by atoms with van der Waals surface area (Å²) in [6.07, 6.45) is -2.03. The lowest BCUT2D eigenvalue weighted by Crippen LogP contribution is -2.42. The molecule has 1 saturated carbocycles. The molecule has 1 fully saturated rings. The van der Waals surface area contributed by atoms with Gasteiger partial charge in [-0.25, -0.2) is 17.8 Å². The predicted octanol–water partition coefficient (Wildman–Crippen LogP) is 6.35. The molecule has 210 valence electrons. The van der Waals surface area contributed by atoms with E-state index in [1.807, 2.05) is 0 Å². The minimum absolute atomic E-state index is 0.141. The Hall–Kier alpha value is -3.12. The second-order valence-electron chi connectivity index (χ2n) is 9.48. The van der Waals surface area contributed by atoms with Gasteiger partial charge in [-0.3, -0.25) is 9.52 Å². The summed E-state index contributed by atoms with van der Waals surface area (Å²) in [4.78, 5) is 16.6. The number of aromatic nitrogens is 1. The predicted molar refractivity (Wildman–Crippen MR) is 143 cm³/mol. The standard InChI is InChI=1S/C26H27ClF4N4O3S/c1-2-11-39(37,38)35-21-8-4-7-18(24(21)28)25(36)33-17-6-3-5-16(13-17)32-22-14-23(26(29,30)31)34-20-10-9-15(27)12-19(20)22/h4,7-10,12,14,16-17,35H,2-3,5-6,11,13H2,1H3,(H,32,34)(H,33,36)/t16-,17+/m0/s1. The van der Waals surface area contributed by atoms with Crippen LogP contribution in [0.3, 0.4) is 0 Å². The Labute approximate surface area is 228 Å². The molecule has 4 rings (SSSR count). The topological polar surface area (TPSA) is 100 Å². The van der Waals surface area contributed by atoms with Gasteiger partial charge < -0.3 is 10.6 Å². The molecule has 0 bridgehead atoms. The third-order valence-electron chi connectivity index (χ3n) is 6.41. The fourth-order valence-corrected chi connectivity index (χ4v) is 5.98. The number of fused-ring (bicyclic) bond motifs is 1. The van der Waals surface area contributed by atoms with Gasteiger partial charge in [0.05, 0.1) is 22.5 Å². The molecule has 13 heteroatoms. The number of carbonyl (C=O) groups excluding carboxylic acids is 1. The molecule has 1 amide bonds. The number of halogens is 5. The number of nitrogens with zero attached hydrogens (tertiary/aromatic N) is 1. The number of pyridine rings is 1. The molecule has 1 aliphatic rings. The van der Waals surface area contributed by atoms with Crippen molar-refractivity contribution in [1.29, 1.82) is 0 Å². The Morgan fingerprint density at radius 2 is 1.85 bits per heavy atom. The molecule has 0 aliphatic heterocycles. The van der Waals surface area contributed by atoms with E-state index in [2.05, 4.69) is 20.3 Å². The van der Waals surface area contributed by atoms with Crippen molar-refractivity contribution in [3.8, 4) is 0 Å². The average molecular weight is 587 g/mol. The van der Waals surface area contributed by atoms with Crippen molar-refractivity contribution in [3.63, 3.8) is 0 Å². The summed E-state index contributed by atoms with van der Waals surface area (Å²) in [6, 6.07) is 8.58. The third-order valence-corrected chi connectivity index (χ3v) is 8.12. The van der Waals surface area contributed by atoms with E-state index in [0.717, 1.165) is 6.07 Å². The highest BCUT2D eigenvalue weighted by molar-refractivity contribution is 7.92. The van der Waals surface area contributed by atoms with Crippen LogP contribution in [0.5, 0.6) is 0 Å². The normalized spacial score (nSPS) is 18.1. The van der Waals surface area contributed by atoms with Crippen LogP contribution in [0.2, 0.25) is 5.02 Å². The fourth-order valence-electron chi connectivity index (χ4n) is 4.67. The molecule has 39 heavy (non-hydrogen) atoms. The van der Waals surface area contributed by atoms with Crippen LogP contribution in [-0.4, -0.2) is 37.1 Å². The van der Waals surface area contributed by atoms with Crippen LogP contribution in [0, 0.1) is 5.82 Å². The lowest BCUT2D eigenvalue weighted by atomic mass is 9.90. The zero-order chi connectivity index (χ0) is 28.4. The fraction of sp³-hybridized carbons (Fsp3) is 0.385. The quantitative estimate of drug-likeness (QED) is 0.267. The van der Waals surface area contributed by atoms with Crippen molar-refractivity contribution in [2.24, 2.45) is 0 Å². The van der Waals surface area contributed by atoms with E-state index in [-0.39, 0.29) is 40.3 Å². The molecule has 2 atom stereocenters. The van der Waals surface area contributed by atoms with Crippen LogP contribution in [0.1, 0.15) is 55.1 Å². The summed E-state index contributed by atoms with van der Waals surface area (Å²) < 4.78 is 81.7. The maximum Gasteiger partial charge on any atom is 0.433 e. The largest absolute Gasteiger partial charge is 0.433 e. The zero-order valence-corrected chi connectivity index (χ0v) is 22.5. The number of hydrogen-bond donors (Lipinski definition) is 3. The molecule has 0 spiro atoms. The first kappa shape index (κ1) is 28.9. The van der Waals surface area contributed by atoms with E-state index >= 15 is 4.39 Å². The summed E-state index contributed by atoms with van der Waals surface area (Å²) in [6.45, 7) is 1.67. The van der Waals surface area contributed by atoms with Crippen LogP contribution >= 0.6 is 11.6 Å². The minimum atomic E-state index is -4.64. The van der Waals surface area contributed by atoms with Gasteiger partial charge in [0.15, 0.2) is 5.82 Å². The molecular weight excluding hydrogens is 560 g/mol. The molecule has 1 aliphatic carbocycles. The van der Waals surface area contributed by atoms with Crippen molar-refractivity contribution in [1.82, 2.24) is 10.3 Å². The van der Waals surface area contributed by atoms with E-state index in [1.54, 1.807) is 13.0 Å². The summed E-state index contributed by atoms with van der Waals surface area (Å²) in [5, 5.41) is 6.73. The summed E-state index contributed by atoms with van der Waals surface area (Å²) in [5.41, 5.74) is -1.30. The van der Waals surface area contributed by atoms with Gasteiger partial charge in [0, 0.05) is 28.2 Å². The SMILES string of the molecule is CCCS(=O)(=O)Nc1cccc(C(=O)N[C@@H]2CCC[C@H](Nc3cc(C(F)(F)F)nc4ccc(Cl)cc34)C2)c1F. The van der Waals surface area contributed by atoms with Crippen LogP contribution in [0.25, 0.3) is 10.9 Å². The lowest BCUT2D eigenvalue weighted by molar-refractivity contribution is -0.140. The second kappa shape index (κ2) is 11.5. The van der Waals surface area contributed by atoms with Crippen molar-refractivity contribution in [2.75, 3.05) is 15.8 Å². The second-order valence-corrected chi connectivity index (χ2v) is 11.8. The van der Waals surface area contributed by atoms with Crippen LogP contribution in [-0.2, 0) is 16.2 Å². The highest BCUT2D eigenvalue weighted by Crippen LogP contribution is 2.35. The number of carbonyl (C=O) groups is 1. The number of benzene rings is 2. The van der Waals surface area contributed by atoms with Gasteiger partial charge in [0.25, 0.3) is 5.91 Å². The van der Waals surface area contributed by atoms with Crippen molar-refractivity contribution < 1.29 is 30.8 Å². The van der Waals surface area contributed by atoms with E-state index in [1.165, 1.54) is 30.3 Å². The number of nitrogens with one attached hydrogen (secondary N) is 3. The van der Waals surface area contributed by atoms with Gasteiger partial charge in [-0.15, -0.1) is 0 Å². The maximum absolute atomic E-state index is 15.0.